The Morgan fingerprint density at radius 2 is 1.94 bits per heavy atom. The number of rotatable bonds is 3. The first-order valence-corrected chi connectivity index (χ1v) is 6.12. The maximum atomic E-state index is 6.30. The van der Waals surface area contributed by atoms with Gasteiger partial charge in [-0.3, -0.25) is 0 Å². The van der Waals surface area contributed by atoms with Crippen LogP contribution >= 0.6 is 0 Å². The summed E-state index contributed by atoms with van der Waals surface area (Å²) < 4.78 is 0. The lowest BCUT2D eigenvalue weighted by atomic mass is 9.80. The van der Waals surface area contributed by atoms with E-state index in [1.165, 1.54) is 36.0 Å². The second-order valence-electron chi connectivity index (χ2n) is 5.55. The van der Waals surface area contributed by atoms with Gasteiger partial charge in [0.25, 0.3) is 0 Å². The van der Waals surface area contributed by atoms with Crippen molar-refractivity contribution in [1.29, 1.82) is 0 Å². The van der Waals surface area contributed by atoms with Crippen LogP contribution in [0, 0.1) is 5.41 Å². The molecule has 1 aliphatic carbocycles. The van der Waals surface area contributed by atoms with Gasteiger partial charge in [0, 0.05) is 6.04 Å². The van der Waals surface area contributed by atoms with Gasteiger partial charge in [-0.2, -0.15) is 0 Å². The lowest BCUT2D eigenvalue weighted by Crippen LogP contribution is -2.35. The Morgan fingerprint density at radius 1 is 1.25 bits per heavy atom. The smallest absolute Gasteiger partial charge is 0.0359 e. The lowest BCUT2D eigenvalue weighted by molar-refractivity contribution is 0.301. The third kappa shape index (κ3) is 2.00. The van der Waals surface area contributed by atoms with Crippen molar-refractivity contribution in [3.63, 3.8) is 0 Å². The van der Waals surface area contributed by atoms with E-state index in [1.54, 1.807) is 0 Å². The largest absolute Gasteiger partial charge is 0.330 e. The molecule has 2 nitrogen and oxygen atoms in total. The summed E-state index contributed by atoms with van der Waals surface area (Å²) in [4.78, 5) is 0. The zero-order valence-corrected chi connectivity index (χ0v) is 10.3. The van der Waals surface area contributed by atoms with Crippen LogP contribution in [0.25, 0.3) is 0 Å². The van der Waals surface area contributed by atoms with Gasteiger partial charge in [0.1, 0.15) is 0 Å². The molecule has 0 bridgehead atoms. The third-order valence-corrected chi connectivity index (χ3v) is 3.85. The van der Waals surface area contributed by atoms with Crippen molar-refractivity contribution in [3.8, 4) is 0 Å². The first-order valence-electron chi connectivity index (χ1n) is 6.12. The van der Waals surface area contributed by atoms with Gasteiger partial charge in [0.2, 0.25) is 0 Å². The summed E-state index contributed by atoms with van der Waals surface area (Å²) in [5, 5.41) is 0. The minimum Gasteiger partial charge on any atom is -0.330 e. The van der Waals surface area contributed by atoms with Crippen LogP contribution in [-0.4, -0.2) is 6.54 Å². The van der Waals surface area contributed by atoms with Gasteiger partial charge in [-0.15, -0.1) is 0 Å². The molecule has 0 saturated heterocycles. The van der Waals surface area contributed by atoms with E-state index in [1.807, 2.05) is 0 Å². The summed E-state index contributed by atoms with van der Waals surface area (Å²) in [5.41, 5.74) is 16.3. The van der Waals surface area contributed by atoms with E-state index in [0.717, 1.165) is 0 Å². The molecule has 2 rings (SSSR count). The molecule has 1 atom stereocenters. The fourth-order valence-electron chi connectivity index (χ4n) is 2.36. The maximum Gasteiger partial charge on any atom is 0.0359 e. The number of fused-ring (bicyclic) bond motifs is 1. The van der Waals surface area contributed by atoms with Crippen LogP contribution in [0.3, 0.4) is 0 Å². The fraction of sp³-hybridized carbons (Fsp3) is 0.571. The van der Waals surface area contributed by atoms with Gasteiger partial charge in [0.15, 0.2) is 0 Å². The number of benzene rings is 1. The molecule has 2 heteroatoms. The first kappa shape index (κ1) is 11.6. The van der Waals surface area contributed by atoms with Gasteiger partial charge in [0.05, 0.1) is 0 Å². The predicted molar refractivity (Wildman–Crippen MR) is 68.2 cm³/mol. The van der Waals surface area contributed by atoms with Crippen LogP contribution in [0.4, 0.5) is 0 Å². The third-order valence-electron chi connectivity index (χ3n) is 3.85. The number of hydrogen-bond acceptors (Lipinski definition) is 2. The van der Waals surface area contributed by atoms with Crippen LogP contribution in [0.15, 0.2) is 18.2 Å². The lowest BCUT2D eigenvalue weighted by Gasteiger charge is -2.30. The van der Waals surface area contributed by atoms with Crippen molar-refractivity contribution in [1.82, 2.24) is 0 Å². The van der Waals surface area contributed by atoms with Gasteiger partial charge in [-0.1, -0.05) is 32.0 Å². The summed E-state index contributed by atoms with van der Waals surface area (Å²) in [6.45, 7) is 4.88. The van der Waals surface area contributed by atoms with Crippen molar-refractivity contribution in [3.05, 3.63) is 34.9 Å². The predicted octanol–water partition coefficient (Wildman–Crippen LogP) is 2.16. The average molecular weight is 218 g/mol. The molecule has 0 saturated carbocycles. The van der Waals surface area contributed by atoms with Crippen molar-refractivity contribution < 1.29 is 0 Å². The molecule has 1 aromatic rings. The molecule has 1 aromatic carbocycles. The molecule has 16 heavy (non-hydrogen) atoms. The standard InChI is InChI=1S/C14H22N2/c1-14(2,9-15)13(16)12-7-6-10-4-3-5-11(10)8-12/h6-8,13H,3-5,9,15-16H2,1-2H3. The number of hydrogen-bond donors (Lipinski definition) is 2. The summed E-state index contributed by atoms with van der Waals surface area (Å²) in [7, 11) is 0. The van der Waals surface area contributed by atoms with Crippen LogP contribution in [0.1, 0.15) is 43.0 Å². The Bertz CT molecular complexity index is 382. The molecule has 0 heterocycles. The molecule has 0 fully saturated rings. The van der Waals surface area contributed by atoms with E-state index in [-0.39, 0.29) is 11.5 Å². The molecule has 1 unspecified atom stereocenters. The topological polar surface area (TPSA) is 52.0 Å². The highest BCUT2D eigenvalue weighted by Crippen LogP contribution is 2.32. The molecule has 0 radical (unpaired) electrons. The van der Waals surface area contributed by atoms with Gasteiger partial charge in [-0.25, -0.2) is 0 Å². The SMILES string of the molecule is CC(C)(CN)C(N)c1ccc2c(c1)CCC2. The highest BCUT2D eigenvalue weighted by atomic mass is 14.7. The number of nitrogens with two attached hydrogens (primary N) is 2. The van der Waals surface area contributed by atoms with Crippen molar-refractivity contribution in [2.75, 3.05) is 6.54 Å². The second-order valence-corrected chi connectivity index (χ2v) is 5.55. The molecular weight excluding hydrogens is 196 g/mol. The molecule has 88 valence electrons. The minimum atomic E-state index is -0.0349. The molecule has 0 aliphatic heterocycles. The van der Waals surface area contributed by atoms with E-state index in [9.17, 15) is 0 Å². The van der Waals surface area contributed by atoms with Crippen LogP contribution in [0.5, 0.6) is 0 Å². The van der Waals surface area contributed by atoms with Crippen LogP contribution in [-0.2, 0) is 12.8 Å². The fourth-order valence-corrected chi connectivity index (χ4v) is 2.36. The molecule has 1 aliphatic rings. The highest BCUT2D eigenvalue weighted by molar-refractivity contribution is 5.37. The average Bonchev–Trinajstić information content (AvgIpc) is 2.74. The normalized spacial score (nSPS) is 17.2. The number of aryl methyl sites for hydroxylation is 2. The van der Waals surface area contributed by atoms with Gasteiger partial charge < -0.3 is 11.5 Å². The molecule has 0 aromatic heterocycles. The first-order chi connectivity index (χ1) is 7.54. The summed E-state index contributed by atoms with van der Waals surface area (Å²) in [5.74, 6) is 0. The maximum absolute atomic E-state index is 6.30. The zero-order chi connectivity index (χ0) is 11.8. The second kappa shape index (κ2) is 4.19. The minimum absolute atomic E-state index is 0.0309. The molecular formula is C14H22N2. The Kier molecular flexibility index (Phi) is 3.04. The van der Waals surface area contributed by atoms with E-state index in [2.05, 4.69) is 32.0 Å². The van der Waals surface area contributed by atoms with Crippen molar-refractivity contribution in [2.24, 2.45) is 16.9 Å². The molecule has 4 N–H and O–H groups in total. The van der Waals surface area contributed by atoms with E-state index < -0.39 is 0 Å². The van der Waals surface area contributed by atoms with Gasteiger partial charge in [-0.05, 0) is 47.9 Å². The Morgan fingerprint density at radius 3 is 2.62 bits per heavy atom. The highest BCUT2D eigenvalue weighted by Gasteiger charge is 2.26. The monoisotopic (exact) mass is 218 g/mol. The summed E-state index contributed by atoms with van der Waals surface area (Å²) in [6.07, 6.45) is 3.72. The molecule has 0 amide bonds. The Hall–Kier alpha value is -0.860. The van der Waals surface area contributed by atoms with Crippen LogP contribution < -0.4 is 11.5 Å². The van der Waals surface area contributed by atoms with Crippen molar-refractivity contribution in [2.45, 2.75) is 39.2 Å². The quantitative estimate of drug-likeness (QED) is 0.817. The summed E-state index contributed by atoms with van der Waals surface area (Å²) in [6, 6.07) is 6.73. The molecule has 0 spiro atoms. The van der Waals surface area contributed by atoms with E-state index in [0.29, 0.717) is 6.54 Å². The Balaban J connectivity index is 2.28. The van der Waals surface area contributed by atoms with Crippen molar-refractivity contribution >= 4 is 0 Å². The summed E-state index contributed by atoms with van der Waals surface area (Å²) >= 11 is 0. The van der Waals surface area contributed by atoms with E-state index >= 15 is 0 Å². The van der Waals surface area contributed by atoms with Crippen LogP contribution in [0.2, 0.25) is 0 Å². The Labute approximate surface area is 98.0 Å². The van der Waals surface area contributed by atoms with Gasteiger partial charge >= 0.3 is 0 Å². The van der Waals surface area contributed by atoms with E-state index in [4.69, 9.17) is 11.5 Å². The zero-order valence-electron chi connectivity index (χ0n) is 10.3.